The molecule has 136 valence electrons. The van der Waals surface area contributed by atoms with Crippen LogP contribution in [0.1, 0.15) is 9.67 Å². The zero-order valence-electron chi connectivity index (χ0n) is 14.3. The number of morpholine rings is 1. The van der Waals surface area contributed by atoms with E-state index in [0.717, 1.165) is 55.3 Å². The molecule has 0 aromatic carbocycles. The lowest BCUT2D eigenvalue weighted by Gasteiger charge is -2.26. The molecule has 1 fully saturated rings. The normalized spacial score (nSPS) is 15.2. The van der Waals surface area contributed by atoms with E-state index in [1.165, 1.54) is 11.3 Å². The number of rotatable bonds is 6. The first-order chi connectivity index (χ1) is 12.8. The molecule has 3 aromatic rings. The van der Waals surface area contributed by atoms with Crippen LogP contribution < -0.4 is 10.6 Å². The van der Waals surface area contributed by atoms with Crippen molar-refractivity contribution in [3.05, 3.63) is 40.8 Å². The Morgan fingerprint density at radius 2 is 2.15 bits per heavy atom. The number of carbonyl (C=O) groups is 1. The molecule has 1 aliphatic heterocycles. The molecule has 3 aromatic heterocycles. The Hall–Kier alpha value is -2.42. The third kappa shape index (κ3) is 3.72. The fraction of sp³-hybridized carbons (Fsp3) is 0.333. The number of carbonyl (C=O) groups excluding carboxylic acids is 1. The van der Waals surface area contributed by atoms with Gasteiger partial charge in [0.1, 0.15) is 10.5 Å². The number of ether oxygens (including phenoxy) is 1. The van der Waals surface area contributed by atoms with Crippen LogP contribution in [0.25, 0.3) is 11.0 Å². The van der Waals surface area contributed by atoms with Crippen molar-refractivity contribution in [1.29, 1.82) is 0 Å². The van der Waals surface area contributed by atoms with E-state index in [4.69, 9.17) is 4.74 Å². The first-order valence-electron chi connectivity index (χ1n) is 8.66. The van der Waals surface area contributed by atoms with Crippen LogP contribution in [0.4, 0.5) is 11.4 Å². The van der Waals surface area contributed by atoms with Crippen molar-refractivity contribution in [2.75, 3.05) is 44.7 Å². The first-order valence-corrected chi connectivity index (χ1v) is 9.54. The molecule has 0 unspecified atom stereocenters. The highest BCUT2D eigenvalue weighted by Gasteiger charge is 2.15. The van der Waals surface area contributed by atoms with Gasteiger partial charge in [-0.2, -0.15) is 0 Å². The molecule has 7 nitrogen and oxygen atoms in total. The van der Waals surface area contributed by atoms with Gasteiger partial charge in [-0.1, -0.05) is 0 Å². The van der Waals surface area contributed by atoms with Crippen LogP contribution in [-0.2, 0) is 4.74 Å². The van der Waals surface area contributed by atoms with Crippen molar-refractivity contribution in [2.45, 2.75) is 0 Å². The van der Waals surface area contributed by atoms with Crippen molar-refractivity contribution >= 4 is 39.7 Å². The number of nitrogens with one attached hydrogen (secondary N) is 3. The lowest BCUT2D eigenvalue weighted by Crippen LogP contribution is -2.41. The highest BCUT2D eigenvalue weighted by molar-refractivity contribution is 7.12. The maximum atomic E-state index is 12.6. The SMILES string of the molecule is O=C(NCCN1CCOCC1)c1sccc1Nc1ccnc2[nH]ccc12. The Morgan fingerprint density at radius 3 is 3.04 bits per heavy atom. The molecule has 0 radical (unpaired) electrons. The van der Waals surface area contributed by atoms with Crippen molar-refractivity contribution in [3.8, 4) is 0 Å². The standard InChI is InChI=1S/C18H21N5O2S/c24-18(21-6-7-23-8-10-25-11-9-23)16-15(3-12-26-16)22-14-2-5-20-17-13(14)1-4-19-17/h1-5,12H,6-11H2,(H,21,24)(H2,19,20,22). The molecule has 8 heteroatoms. The van der Waals surface area contributed by atoms with E-state index in [-0.39, 0.29) is 5.91 Å². The molecule has 0 aliphatic carbocycles. The minimum absolute atomic E-state index is 0.0462. The largest absolute Gasteiger partial charge is 0.379 e. The van der Waals surface area contributed by atoms with Crippen LogP contribution in [0.2, 0.25) is 0 Å². The molecule has 0 bridgehead atoms. The Balaban J connectivity index is 1.40. The molecule has 0 saturated carbocycles. The average Bonchev–Trinajstić information content (AvgIpc) is 3.32. The van der Waals surface area contributed by atoms with Crippen molar-refractivity contribution in [2.24, 2.45) is 0 Å². The van der Waals surface area contributed by atoms with Gasteiger partial charge in [-0.3, -0.25) is 9.69 Å². The quantitative estimate of drug-likeness (QED) is 0.620. The van der Waals surface area contributed by atoms with Crippen LogP contribution in [0.15, 0.2) is 36.0 Å². The van der Waals surface area contributed by atoms with Gasteiger partial charge in [-0.25, -0.2) is 4.98 Å². The minimum atomic E-state index is -0.0462. The second-order valence-electron chi connectivity index (χ2n) is 6.10. The van der Waals surface area contributed by atoms with Crippen molar-refractivity contribution in [1.82, 2.24) is 20.2 Å². The summed E-state index contributed by atoms with van der Waals surface area (Å²) in [6, 6.07) is 5.81. The van der Waals surface area contributed by atoms with Gasteiger partial charge in [0.05, 0.1) is 24.6 Å². The van der Waals surface area contributed by atoms with Crippen LogP contribution in [0, 0.1) is 0 Å². The summed E-state index contributed by atoms with van der Waals surface area (Å²) in [6.45, 7) is 4.87. The molecule has 4 rings (SSSR count). The fourth-order valence-electron chi connectivity index (χ4n) is 3.03. The predicted octanol–water partition coefficient (Wildman–Crippen LogP) is 2.43. The monoisotopic (exact) mass is 371 g/mol. The second-order valence-corrected chi connectivity index (χ2v) is 7.01. The number of nitrogens with zero attached hydrogens (tertiary/aromatic N) is 2. The van der Waals surface area contributed by atoms with Crippen LogP contribution in [0.5, 0.6) is 0 Å². The number of hydrogen-bond acceptors (Lipinski definition) is 6. The molecule has 4 heterocycles. The Kier molecular flexibility index (Phi) is 5.14. The summed E-state index contributed by atoms with van der Waals surface area (Å²) < 4.78 is 5.34. The van der Waals surface area contributed by atoms with Crippen molar-refractivity contribution < 1.29 is 9.53 Å². The molecular weight excluding hydrogens is 350 g/mol. The molecule has 0 spiro atoms. The Labute approximate surface area is 155 Å². The van der Waals surface area contributed by atoms with Gasteiger partial charge in [0.25, 0.3) is 5.91 Å². The molecule has 1 saturated heterocycles. The van der Waals surface area contributed by atoms with Gasteiger partial charge in [0.2, 0.25) is 0 Å². The Bertz CT molecular complexity index is 884. The number of anilines is 2. The summed E-state index contributed by atoms with van der Waals surface area (Å²) in [5, 5.41) is 9.31. The highest BCUT2D eigenvalue weighted by atomic mass is 32.1. The van der Waals surface area contributed by atoms with E-state index in [2.05, 4.69) is 25.5 Å². The number of amides is 1. The number of H-pyrrole nitrogens is 1. The maximum Gasteiger partial charge on any atom is 0.263 e. The number of aromatic nitrogens is 2. The molecule has 26 heavy (non-hydrogen) atoms. The number of aromatic amines is 1. The van der Waals surface area contributed by atoms with Gasteiger partial charge in [0.15, 0.2) is 0 Å². The number of fused-ring (bicyclic) bond motifs is 1. The van der Waals surface area contributed by atoms with E-state index >= 15 is 0 Å². The van der Waals surface area contributed by atoms with Gasteiger partial charge in [-0.05, 0) is 23.6 Å². The van der Waals surface area contributed by atoms with Gasteiger partial charge in [0, 0.05) is 44.0 Å². The smallest absolute Gasteiger partial charge is 0.263 e. The number of thiophene rings is 1. The zero-order chi connectivity index (χ0) is 17.8. The molecule has 1 amide bonds. The third-order valence-electron chi connectivity index (χ3n) is 4.42. The Morgan fingerprint density at radius 1 is 1.27 bits per heavy atom. The summed E-state index contributed by atoms with van der Waals surface area (Å²) in [5.74, 6) is -0.0462. The fourth-order valence-corrected chi connectivity index (χ4v) is 3.80. The summed E-state index contributed by atoms with van der Waals surface area (Å²) in [5.41, 5.74) is 2.56. The zero-order valence-corrected chi connectivity index (χ0v) is 15.1. The minimum Gasteiger partial charge on any atom is -0.379 e. The lowest BCUT2D eigenvalue weighted by molar-refractivity contribution is 0.0383. The van der Waals surface area contributed by atoms with E-state index in [1.807, 2.05) is 29.8 Å². The van der Waals surface area contributed by atoms with Gasteiger partial charge in [-0.15, -0.1) is 11.3 Å². The topological polar surface area (TPSA) is 82.3 Å². The average molecular weight is 371 g/mol. The van der Waals surface area contributed by atoms with E-state index in [1.54, 1.807) is 6.20 Å². The lowest BCUT2D eigenvalue weighted by atomic mass is 10.2. The molecule has 0 atom stereocenters. The summed E-state index contributed by atoms with van der Waals surface area (Å²) in [6.07, 6.45) is 3.60. The van der Waals surface area contributed by atoms with Crippen LogP contribution in [0.3, 0.4) is 0 Å². The van der Waals surface area contributed by atoms with Crippen LogP contribution in [-0.4, -0.2) is 60.2 Å². The maximum absolute atomic E-state index is 12.6. The summed E-state index contributed by atoms with van der Waals surface area (Å²) >= 11 is 1.44. The van der Waals surface area contributed by atoms with Crippen molar-refractivity contribution in [3.63, 3.8) is 0 Å². The predicted molar refractivity (Wildman–Crippen MR) is 103 cm³/mol. The third-order valence-corrected chi connectivity index (χ3v) is 5.33. The van der Waals surface area contributed by atoms with E-state index in [0.29, 0.717) is 11.4 Å². The van der Waals surface area contributed by atoms with E-state index in [9.17, 15) is 4.79 Å². The first kappa shape index (κ1) is 17.0. The second kappa shape index (κ2) is 7.86. The van der Waals surface area contributed by atoms with Gasteiger partial charge < -0.3 is 20.4 Å². The van der Waals surface area contributed by atoms with Crippen LogP contribution >= 0.6 is 11.3 Å². The molecular formula is C18H21N5O2S. The summed E-state index contributed by atoms with van der Waals surface area (Å²) in [7, 11) is 0. The number of hydrogen-bond donors (Lipinski definition) is 3. The molecule has 1 aliphatic rings. The van der Waals surface area contributed by atoms with Gasteiger partial charge >= 0.3 is 0 Å². The highest BCUT2D eigenvalue weighted by Crippen LogP contribution is 2.29. The molecule has 3 N–H and O–H groups in total. The van der Waals surface area contributed by atoms with E-state index < -0.39 is 0 Å². The number of pyridine rings is 1. The summed E-state index contributed by atoms with van der Waals surface area (Å²) in [4.78, 5) is 22.9.